The lowest BCUT2D eigenvalue weighted by molar-refractivity contribution is 0.248. The largest absolute Gasteiger partial charge is 0.508 e. The molecule has 0 aliphatic heterocycles. The van der Waals surface area contributed by atoms with Crippen molar-refractivity contribution < 1.29 is 15.0 Å². The molecule has 0 aromatic heterocycles. The van der Waals surface area contributed by atoms with E-state index >= 15 is 0 Å². The number of benzene rings is 1. The minimum absolute atomic E-state index is 0.0657. The Kier molecular flexibility index (Phi) is 3.30. The number of rotatable bonds is 3. The van der Waals surface area contributed by atoms with Crippen LogP contribution in [-0.4, -0.2) is 16.2 Å². The molecule has 0 spiro atoms. The normalized spacial score (nSPS) is 9.79. The maximum absolute atomic E-state index is 10.4. The van der Waals surface area contributed by atoms with Gasteiger partial charge in [-0.1, -0.05) is 6.07 Å². The molecule has 1 aromatic rings. The van der Waals surface area contributed by atoms with Crippen molar-refractivity contribution >= 4 is 6.03 Å². The van der Waals surface area contributed by atoms with Gasteiger partial charge in [0.05, 0.1) is 6.61 Å². The summed E-state index contributed by atoms with van der Waals surface area (Å²) in [7, 11) is 0. The zero-order valence-corrected chi connectivity index (χ0v) is 7.53. The first-order valence-corrected chi connectivity index (χ1v) is 4.08. The van der Waals surface area contributed by atoms with Crippen LogP contribution in [0.15, 0.2) is 18.2 Å². The molecule has 0 unspecified atom stereocenters. The van der Waals surface area contributed by atoms with Gasteiger partial charge in [0.1, 0.15) is 5.75 Å². The van der Waals surface area contributed by atoms with Gasteiger partial charge in [0.2, 0.25) is 0 Å². The monoisotopic (exact) mass is 196 g/mol. The van der Waals surface area contributed by atoms with E-state index < -0.39 is 6.03 Å². The van der Waals surface area contributed by atoms with Gasteiger partial charge in [0, 0.05) is 12.1 Å². The SMILES string of the molecule is NC(=O)NCc1cc(CO)ccc1O. The summed E-state index contributed by atoms with van der Waals surface area (Å²) < 4.78 is 0. The van der Waals surface area contributed by atoms with Crippen LogP contribution in [0.25, 0.3) is 0 Å². The summed E-state index contributed by atoms with van der Waals surface area (Å²) in [5.74, 6) is 0.0657. The van der Waals surface area contributed by atoms with E-state index in [0.29, 0.717) is 11.1 Å². The molecule has 0 aliphatic carbocycles. The van der Waals surface area contributed by atoms with Crippen LogP contribution in [0.2, 0.25) is 0 Å². The lowest BCUT2D eigenvalue weighted by Crippen LogP contribution is -2.28. The summed E-state index contributed by atoms with van der Waals surface area (Å²) in [4.78, 5) is 10.4. The van der Waals surface area contributed by atoms with Crippen molar-refractivity contribution in [2.45, 2.75) is 13.2 Å². The Morgan fingerprint density at radius 3 is 2.79 bits per heavy atom. The van der Waals surface area contributed by atoms with Crippen LogP contribution >= 0.6 is 0 Å². The van der Waals surface area contributed by atoms with Crippen molar-refractivity contribution in [2.24, 2.45) is 5.73 Å². The second-order valence-electron chi connectivity index (χ2n) is 2.84. The van der Waals surface area contributed by atoms with E-state index in [2.05, 4.69) is 5.32 Å². The van der Waals surface area contributed by atoms with Crippen molar-refractivity contribution in [3.63, 3.8) is 0 Å². The fourth-order valence-electron chi connectivity index (χ4n) is 1.06. The molecule has 5 nitrogen and oxygen atoms in total. The number of nitrogens with two attached hydrogens (primary N) is 1. The number of aliphatic hydroxyl groups excluding tert-OH is 1. The van der Waals surface area contributed by atoms with Gasteiger partial charge >= 0.3 is 6.03 Å². The number of primary amides is 1. The Hall–Kier alpha value is -1.75. The van der Waals surface area contributed by atoms with Crippen molar-refractivity contribution in [2.75, 3.05) is 0 Å². The molecule has 0 heterocycles. The third kappa shape index (κ3) is 2.63. The number of aliphatic hydroxyl groups is 1. The number of nitrogens with one attached hydrogen (secondary N) is 1. The second kappa shape index (κ2) is 4.48. The third-order valence-corrected chi connectivity index (χ3v) is 1.78. The van der Waals surface area contributed by atoms with Crippen LogP contribution in [0, 0.1) is 0 Å². The maximum Gasteiger partial charge on any atom is 0.312 e. The predicted octanol–water partition coefficient (Wildman–Crippen LogP) is 0.0528. The molecule has 0 radical (unpaired) electrons. The first-order chi connectivity index (χ1) is 6.63. The third-order valence-electron chi connectivity index (χ3n) is 1.78. The zero-order chi connectivity index (χ0) is 10.6. The van der Waals surface area contributed by atoms with Crippen molar-refractivity contribution in [1.82, 2.24) is 5.32 Å². The Bertz CT molecular complexity index is 339. The first kappa shape index (κ1) is 10.3. The molecule has 0 saturated heterocycles. The second-order valence-corrected chi connectivity index (χ2v) is 2.84. The minimum Gasteiger partial charge on any atom is -0.508 e. The molecule has 76 valence electrons. The Balaban J connectivity index is 2.78. The fraction of sp³-hybridized carbons (Fsp3) is 0.222. The van der Waals surface area contributed by atoms with Crippen LogP contribution in [0.5, 0.6) is 5.75 Å². The highest BCUT2D eigenvalue weighted by atomic mass is 16.3. The molecule has 5 heteroatoms. The topological polar surface area (TPSA) is 95.6 Å². The van der Waals surface area contributed by atoms with E-state index in [9.17, 15) is 9.90 Å². The number of urea groups is 1. The lowest BCUT2D eigenvalue weighted by atomic mass is 10.1. The van der Waals surface area contributed by atoms with E-state index in [1.807, 2.05) is 0 Å². The molecule has 0 aliphatic rings. The Morgan fingerprint density at radius 2 is 2.21 bits per heavy atom. The Labute approximate surface area is 81.2 Å². The van der Waals surface area contributed by atoms with Crippen LogP contribution in [-0.2, 0) is 13.2 Å². The van der Waals surface area contributed by atoms with Crippen molar-refractivity contribution in [3.05, 3.63) is 29.3 Å². The number of phenols is 1. The number of amides is 2. The standard InChI is InChI=1S/C9H12N2O3/c10-9(14)11-4-7-3-6(5-12)1-2-8(7)13/h1-3,12-13H,4-5H2,(H3,10,11,14). The highest BCUT2D eigenvalue weighted by Crippen LogP contribution is 2.18. The lowest BCUT2D eigenvalue weighted by Gasteiger charge is -2.06. The predicted molar refractivity (Wildman–Crippen MR) is 50.5 cm³/mol. The number of carbonyl (C=O) groups excluding carboxylic acids is 1. The molecule has 0 saturated carbocycles. The average Bonchev–Trinajstić information content (AvgIpc) is 2.16. The average molecular weight is 196 g/mol. The summed E-state index contributed by atoms with van der Waals surface area (Å²) in [5.41, 5.74) is 6.07. The summed E-state index contributed by atoms with van der Waals surface area (Å²) >= 11 is 0. The molecular weight excluding hydrogens is 184 g/mol. The van der Waals surface area contributed by atoms with Crippen molar-refractivity contribution in [3.8, 4) is 5.75 Å². The molecule has 14 heavy (non-hydrogen) atoms. The molecule has 0 fully saturated rings. The summed E-state index contributed by atoms with van der Waals surface area (Å²) in [5, 5.41) is 20.6. The summed E-state index contributed by atoms with van der Waals surface area (Å²) in [6.07, 6.45) is 0. The van der Waals surface area contributed by atoms with Gasteiger partial charge in [0.15, 0.2) is 0 Å². The molecule has 1 rings (SSSR count). The molecule has 0 atom stereocenters. The fourth-order valence-corrected chi connectivity index (χ4v) is 1.06. The van der Waals surface area contributed by atoms with E-state index in [1.165, 1.54) is 6.07 Å². The number of hydrogen-bond acceptors (Lipinski definition) is 3. The number of phenolic OH excluding ortho intramolecular Hbond substituents is 1. The van der Waals surface area contributed by atoms with E-state index in [-0.39, 0.29) is 18.9 Å². The maximum atomic E-state index is 10.4. The number of hydrogen-bond donors (Lipinski definition) is 4. The Morgan fingerprint density at radius 1 is 1.50 bits per heavy atom. The minimum atomic E-state index is -0.654. The van der Waals surface area contributed by atoms with Gasteiger partial charge in [-0.15, -0.1) is 0 Å². The van der Waals surface area contributed by atoms with Gasteiger partial charge in [-0.2, -0.15) is 0 Å². The first-order valence-electron chi connectivity index (χ1n) is 4.08. The molecule has 1 aromatic carbocycles. The quantitative estimate of drug-likeness (QED) is 0.550. The number of aromatic hydroxyl groups is 1. The van der Waals surface area contributed by atoms with Gasteiger partial charge in [-0.3, -0.25) is 0 Å². The highest BCUT2D eigenvalue weighted by molar-refractivity contribution is 5.71. The van der Waals surface area contributed by atoms with Crippen LogP contribution in [0.4, 0.5) is 4.79 Å². The van der Waals surface area contributed by atoms with Crippen molar-refractivity contribution in [1.29, 1.82) is 0 Å². The molecule has 2 amide bonds. The van der Waals surface area contributed by atoms with E-state index in [0.717, 1.165) is 0 Å². The molecule has 0 bridgehead atoms. The van der Waals surface area contributed by atoms with Gasteiger partial charge in [0.25, 0.3) is 0 Å². The summed E-state index contributed by atoms with van der Waals surface area (Å²) in [6, 6.07) is 4.01. The molecule has 5 N–H and O–H groups in total. The van der Waals surface area contributed by atoms with Gasteiger partial charge in [-0.05, 0) is 17.7 Å². The highest BCUT2D eigenvalue weighted by Gasteiger charge is 2.03. The number of carbonyl (C=O) groups is 1. The van der Waals surface area contributed by atoms with Gasteiger partial charge in [-0.25, -0.2) is 4.79 Å². The van der Waals surface area contributed by atoms with Gasteiger partial charge < -0.3 is 21.3 Å². The smallest absolute Gasteiger partial charge is 0.312 e. The van der Waals surface area contributed by atoms with E-state index in [1.54, 1.807) is 12.1 Å². The summed E-state index contributed by atoms with van der Waals surface area (Å²) in [6.45, 7) is 0.0405. The molecular formula is C9H12N2O3. The zero-order valence-electron chi connectivity index (χ0n) is 7.53. The van der Waals surface area contributed by atoms with E-state index in [4.69, 9.17) is 10.8 Å². The van der Waals surface area contributed by atoms with Crippen LogP contribution in [0.3, 0.4) is 0 Å². The van der Waals surface area contributed by atoms with Crippen LogP contribution in [0.1, 0.15) is 11.1 Å². The van der Waals surface area contributed by atoms with Crippen LogP contribution < -0.4 is 11.1 Å².